The lowest BCUT2D eigenvalue weighted by Crippen LogP contribution is -2.14. The van der Waals surface area contributed by atoms with Gasteiger partial charge >= 0.3 is 0 Å². The van der Waals surface area contributed by atoms with Gasteiger partial charge in [-0.25, -0.2) is 8.42 Å². The summed E-state index contributed by atoms with van der Waals surface area (Å²) < 4.78 is 27.3. The first-order chi connectivity index (χ1) is 12.5. The third-order valence-corrected chi connectivity index (χ3v) is 6.97. The van der Waals surface area contributed by atoms with E-state index in [0.717, 1.165) is 16.2 Å². The Morgan fingerprint density at radius 1 is 1.00 bits per heavy atom. The Hall–Kier alpha value is -2.29. The van der Waals surface area contributed by atoms with E-state index in [9.17, 15) is 13.2 Å². The number of thiophene rings is 1. The van der Waals surface area contributed by atoms with Crippen LogP contribution in [0, 0.1) is 0 Å². The highest BCUT2D eigenvalue weighted by atomic mass is 32.2. The number of rotatable bonds is 6. The highest BCUT2D eigenvalue weighted by Crippen LogP contribution is 2.22. The second kappa shape index (κ2) is 7.94. The molecule has 0 spiro atoms. The minimum absolute atomic E-state index is 0.223. The van der Waals surface area contributed by atoms with Gasteiger partial charge in [0.2, 0.25) is 0 Å². The number of anilines is 2. The monoisotopic (exact) mass is 404 g/mol. The van der Waals surface area contributed by atoms with Gasteiger partial charge in [-0.2, -0.15) is 0 Å². The Bertz CT molecular complexity index is 1020. The molecule has 134 valence electrons. The van der Waals surface area contributed by atoms with Gasteiger partial charge in [0, 0.05) is 21.8 Å². The SMILES string of the molecule is CSc1cccc(NC(=O)c2cccc(NS(=O)(=O)c3cccs3)c2)c1. The van der Waals surface area contributed by atoms with Crippen molar-refractivity contribution in [2.75, 3.05) is 16.3 Å². The molecule has 2 N–H and O–H groups in total. The first-order valence-electron chi connectivity index (χ1n) is 7.60. The average Bonchev–Trinajstić information content (AvgIpc) is 3.17. The molecule has 0 bridgehead atoms. The Labute approximate surface area is 160 Å². The van der Waals surface area contributed by atoms with Gasteiger partial charge in [-0.05, 0) is 54.1 Å². The van der Waals surface area contributed by atoms with Crippen molar-refractivity contribution < 1.29 is 13.2 Å². The molecule has 0 aliphatic rings. The number of hydrogen-bond acceptors (Lipinski definition) is 5. The number of carbonyl (C=O) groups is 1. The van der Waals surface area contributed by atoms with Crippen molar-refractivity contribution in [3.8, 4) is 0 Å². The first kappa shape index (κ1) is 18.5. The van der Waals surface area contributed by atoms with Crippen LogP contribution in [-0.4, -0.2) is 20.6 Å². The lowest BCUT2D eigenvalue weighted by atomic mass is 10.2. The fourth-order valence-electron chi connectivity index (χ4n) is 2.25. The quantitative estimate of drug-likeness (QED) is 0.592. The van der Waals surface area contributed by atoms with Crippen molar-refractivity contribution in [1.29, 1.82) is 0 Å². The summed E-state index contributed by atoms with van der Waals surface area (Å²) in [6, 6.07) is 17.1. The molecular formula is C18H16N2O3S3. The Morgan fingerprint density at radius 2 is 1.77 bits per heavy atom. The molecule has 0 aliphatic heterocycles. The lowest BCUT2D eigenvalue weighted by Gasteiger charge is -2.09. The summed E-state index contributed by atoms with van der Waals surface area (Å²) in [5, 5.41) is 4.52. The molecule has 5 nitrogen and oxygen atoms in total. The molecule has 1 heterocycles. The van der Waals surface area contributed by atoms with Crippen molar-refractivity contribution in [1.82, 2.24) is 0 Å². The molecule has 26 heavy (non-hydrogen) atoms. The van der Waals surface area contributed by atoms with Crippen LogP contribution in [0.15, 0.2) is 75.1 Å². The van der Waals surface area contributed by atoms with Crippen LogP contribution >= 0.6 is 23.1 Å². The minimum atomic E-state index is -3.65. The zero-order chi connectivity index (χ0) is 18.6. The summed E-state index contributed by atoms with van der Waals surface area (Å²) in [6.07, 6.45) is 1.96. The number of benzene rings is 2. The molecule has 0 saturated carbocycles. The van der Waals surface area contributed by atoms with Crippen LogP contribution in [-0.2, 0) is 10.0 Å². The molecule has 0 radical (unpaired) electrons. The van der Waals surface area contributed by atoms with E-state index in [0.29, 0.717) is 16.9 Å². The average molecular weight is 405 g/mol. The van der Waals surface area contributed by atoms with E-state index in [2.05, 4.69) is 10.0 Å². The van der Waals surface area contributed by atoms with E-state index in [1.807, 2.05) is 24.5 Å². The molecule has 8 heteroatoms. The van der Waals surface area contributed by atoms with Crippen LogP contribution in [0.2, 0.25) is 0 Å². The summed E-state index contributed by atoms with van der Waals surface area (Å²) in [7, 11) is -3.65. The van der Waals surface area contributed by atoms with Crippen LogP contribution < -0.4 is 10.0 Å². The smallest absolute Gasteiger partial charge is 0.271 e. The standard InChI is InChI=1S/C18H16N2O3S3/c1-24-16-8-3-6-14(12-16)19-18(21)13-5-2-7-15(11-13)20-26(22,23)17-9-4-10-25-17/h2-12,20H,1H3,(H,19,21). The van der Waals surface area contributed by atoms with Gasteiger partial charge in [-0.3, -0.25) is 9.52 Å². The first-order valence-corrected chi connectivity index (χ1v) is 11.2. The lowest BCUT2D eigenvalue weighted by molar-refractivity contribution is 0.102. The summed E-state index contributed by atoms with van der Waals surface area (Å²) in [6.45, 7) is 0. The Morgan fingerprint density at radius 3 is 2.50 bits per heavy atom. The molecule has 3 aromatic rings. The van der Waals surface area contributed by atoms with Gasteiger partial charge in [-0.1, -0.05) is 18.2 Å². The fourth-order valence-corrected chi connectivity index (χ4v) is 4.75. The normalized spacial score (nSPS) is 11.1. The predicted octanol–water partition coefficient (Wildman–Crippen LogP) is 4.52. The predicted molar refractivity (Wildman–Crippen MR) is 108 cm³/mol. The molecule has 0 saturated heterocycles. The van der Waals surface area contributed by atoms with Crippen LogP contribution in [0.5, 0.6) is 0 Å². The van der Waals surface area contributed by atoms with E-state index >= 15 is 0 Å². The number of thioether (sulfide) groups is 1. The number of amides is 1. The number of carbonyl (C=O) groups excluding carboxylic acids is 1. The van der Waals surface area contributed by atoms with Gasteiger partial charge in [0.25, 0.3) is 15.9 Å². The summed E-state index contributed by atoms with van der Waals surface area (Å²) >= 11 is 2.72. The third-order valence-electron chi connectivity index (χ3n) is 3.46. The maximum absolute atomic E-state index is 12.5. The van der Waals surface area contributed by atoms with Gasteiger partial charge < -0.3 is 5.32 Å². The Kier molecular flexibility index (Phi) is 5.65. The van der Waals surface area contributed by atoms with Crippen molar-refractivity contribution in [3.05, 3.63) is 71.6 Å². The van der Waals surface area contributed by atoms with Crippen LogP contribution in [0.25, 0.3) is 0 Å². The highest BCUT2D eigenvalue weighted by molar-refractivity contribution is 7.98. The van der Waals surface area contributed by atoms with Gasteiger partial charge in [0.05, 0.1) is 0 Å². The van der Waals surface area contributed by atoms with E-state index in [-0.39, 0.29) is 10.1 Å². The molecular weight excluding hydrogens is 388 g/mol. The summed E-state index contributed by atoms with van der Waals surface area (Å²) in [5.41, 5.74) is 1.39. The van der Waals surface area contributed by atoms with Crippen LogP contribution in [0.1, 0.15) is 10.4 Å². The molecule has 2 aromatic carbocycles. The van der Waals surface area contributed by atoms with E-state index < -0.39 is 10.0 Å². The fraction of sp³-hybridized carbons (Fsp3) is 0.0556. The Balaban J connectivity index is 1.77. The van der Waals surface area contributed by atoms with Crippen molar-refractivity contribution in [3.63, 3.8) is 0 Å². The van der Waals surface area contributed by atoms with E-state index in [4.69, 9.17) is 0 Å². The topological polar surface area (TPSA) is 75.3 Å². The number of hydrogen-bond donors (Lipinski definition) is 2. The van der Waals surface area contributed by atoms with Gasteiger partial charge in [0.15, 0.2) is 0 Å². The van der Waals surface area contributed by atoms with Crippen LogP contribution in [0.3, 0.4) is 0 Å². The molecule has 0 fully saturated rings. The maximum atomic E-state index is 12.5. The molecule has 0 atom stereocenters. The molecule has 1 aromatic heterocycles. The summed E-state index contributed by atoms with van der Waals surface area (Å²) in [4.78, 5) is 13.5. The second-order valence-corrected chi connectivity index (χ2v) is 9.04. The van der Waals surface area contributed by atoms with E-state index in [1.165, 1.54) is 12.1 Å². The zero-order valence-corrected chi connectivity index (χ0v) is 16.2. The van der Waals surface area contributed by atoms with E-state index in [1.54, 1.807) is 47.5 Å². The zero-order valence-electron chi connectivity index (χ0n) is 13.8. The minimum Gasteiger partial charge on any atom is -0.322 e. The van der Waals surface area contributed by atoms with Crippen molar-refractivity contribution in [2.24, 2.45) is 0 Å². The van der Waals surface area contributed by atoms with Crippen LogP contribution in [0.4, 0.5) is 11.4 Å². The van der Waals surface area contributed by atoms with Gasteiger partial charge in [-0.15, -0.1) is 23.1 Å². The molecule has 0 unspecified atom stereocenters. The summed E-state index contributed by atoms with van der Waals surface area (Å²) in [5.74, 6) is -0.305. The largest absolute Gasteiger partial charge is 0.322 e. The van der Waals surface area contributed by atoms with Crippen molar-refractivity contribution >= 4 is 50.4 Å². The third kappa shape index (κ3) is 4.46. The maximum Gasteiger partial charge on any atom is 0.271 e. The molecule has 1 amide bonds. The van der Waals surface area contributed by atoms with Gasteiger partial charge in [0.1, 0.15) is 4.21 Å². The second-order valence-electron chi connectivity index (χ2n) is 5.30. The highest BCUT2D eigenvalue weighted by Gasteiger charge is 2.16. The molecule has 0 aliphatic carbocycles. The van der Waals surface area contributed by atoms with Crippen molar-refractivity contribution in [2.45, 2.75) is 9.10 Å². The number of nitrogens with one attached hydrogen (secondary N) is 2. The molecule has 3 rings (SSSR count). The number of sulfonamides is 1.